The highest BCUT2D eigenvalue weighted by Gasteiger charge is 2.39. The number of hydrogen-bond donors (Lipinski definition) is 0. The van der Waals surface area contributed by atoms with Gasteiger partial charge in [0.15, 0.2) is 5.13 Å². The Kier molecular flexibility index (Phi) is 4.52. The number of carbonyl (C=O) groups is 1. The zero-order valence-electron chi connectivity index (χ0n) is 12.0. The predicted octanol–water partition coefficient (Wildman–Crippen LogP) is 3.55. The smallest absolute Gasteiger partial charge is 0.237 e. The van der Waals surface area contributed by atoms with Gasteiger partial charge in [0, 0.05) is 38.6 Å². The predicted molar refractivity (Wildman–Crippen MR) is 95.5 cm³/mol. The van der Waals surface area contributed by atoms with Crippen molar-refractivity contribution in [2.75, 3.05) is 11.4 Å². The van der Waals surface area contributed by atoms with E-state index in [1.54, 1.807) is 0 Å². The number of rotatable bonds is 3. The van der Waals surface area contributed by atoms with E-state index in [1.165, 1.54) is 16.2 Å². The van der Waals surface area contributed by atoms with Crippen LogP contribution >= 0.6 is 37.9 Å². The maximum atomic E-state index is 12.1. The SMILES string of the molecule is Cc1sc(N2CC(S(=O)(=O)Cl)CC2=O)nc1-c1ccc(Br)cc1. The van der Waals surface area contributed by atoms with Gasteiger partial charge >= 0.3 is 0 Å². The number of thiazole rings is 1. The Morgan fingerprint density at radius 1 is 1.35 bits per heavy atom. The number of hydrogen-bond acceptors (Lipinski definition) is 5. The van der Waals surface area contributed by atoms with Crippen molar-refractivity contribution in [1.82, 2.24) is 4.98 Å². The molecule has 2 heterocycles. The minimum atomic E-state index is -3.76. The van der Waals surface area contributed by atoms with E-state index < -0.39 is 14.3 Å². The van der Waals surface area contributed by atoms with E-state index in [4.69, 9.17) is 10.7 Å². The van der Waals surface area contributed by atoms with E-state index >= 15 is 0 Å². The molecule has 0 bridgehead atoms. The summed E-state index contributed by atoms with van der Waals surface area (Å²) in [4.78, 5) is 19.0. The molecule has 1 aliphatic heterocycles. The van der Waals surface area contributed by atoms with Crippen LogP contribution in [0.5, 0.6) is 0 Å². The Morgan fingerprint density at radius 3 is 2.57 bits per heavy atom. The summed E-state index contributed by atoms with van der Waals surface area (Å²) >= 11 is 4.76. The van der Waals surface area contributed by atoms with Crippen LogP contribution in [-0.4, -0.2) is 31.1 Å². The van der Waals surface area contributed by atoms with Gasteiger partial charge in [-0.15, -0.1) is 11.3 Å². The Balaban J connectivity index is 1.92. The number of amides is 1. The summed E-state index contributed by atoms with van der Waals surface area (Å²) in [6.45, 7) is 1.98. The first kappa shape index (κ1) is 16.9. The normalized spacial score (nSPS) is 18.7. The first-order chi connectivity index (χ1) is 10.8. The molecular formula is C14H12BrClN2O3S2. The second-order valence-electron chi connectivity index (χ2n) is 5.21. The van der Waals surface area contributed by atoms with Gasteiger partial charge < -0.3 is 0 Å². The van der Waals surface area contributed by atoms with Crippen molar-refractivity contribution >= 4 is 58.0 Å². The monoisotopic (exact) mass is 434 g/mol. The summed E-state index contributed by atoms with van der Waals surface area (Å²) in [6, 6.07) is 7.72. The maximum Gasteiger partial charge on any atom is 0.237 e. The topological polar surface area (TPSA) is 67.3 Å². The van der Waals surface area contributed by atoms with Crippen molar-refractivity contribution in [3.05, 3.63) is 33.6 Å². The van der Waals surface area contributed by atoms with Crippen molar-refractivity contribution in [1.29, 1.82) is 0 Å². The molecule has 1 unspecified atom stereocenters. The molecule has 2 aromatic rings. The quantitative estimate of drug-likeness (QED) is 0.691. The summed E-state index contributed by atoms with van der Waals surface area (Å²) < 4.78 is 23.9. The van der Waals surface area contributed by atoms with Crippen LogP contribution in [0, 0.1) is 6.92 Å². The molecule has 1 fully saturated rings. The first-order valence-electron chi connectivity index (χ1n) is 6.73. The van der Waals surface area contributed by atoms with Crippen molar-refractivity contribution < 1.29 is 13.2 Å². The lowest BCUT2D eigenvalue weighted by molar-refractivity contribution is -0.117. The van der Waals surface area contributed by atoms with Gasteiger partial charge in [0.1, 0.15) is 5.25 Å². The standard InChI is InChI=1S/C14H12BrClN2O3S2/c1-8-13(9-2-4-10(15)5-3-9)17-14(22-8)18-7-11(6-12(18)19)23(16,20)21/h2-5,11H,6-7H2,1H3. The number of aromatic nitrogens is 1. The summed E-state index contributed by atoms with van der Waals surface area (Å²) in [6.07, 6.45) is -0.0991. The van der Waals surface area contributed by atoms with Crippen LogP contribution in [0.2, 0.25) is 0 Å². The Hall–Kier alpha value is -0.960. The third-order valence-electron chi connectivity index (χ3n) is 3.62. The largest absolute Gasteiger partial charge is 0.287 e. The summed E-state index contributed by atoms with van der Waals surface area (Å²) in [7, 11) is 1.62. The average Bonchev–Trinajstić information content (AvgIpc) is 3.03. The highest BCUT2D eigenvalue weighted by atomic mass is 79.9. The number of aryl methyl sites for hydroxylation is 1. The molecule has 0 aliphatic carbocycles. The molecule has 1 saturated heterocycles. The lowest BCUT2D eigenvalue weighted by Crippen LogP contribution is -2.26. The van der Waals surface area contributed by atoms with Crippen LogP contribution in [0.25, 0.3) is 11.3 Å². The van der Waals surface area contributed by atoms with Crippen LogP contribution in [0.3, 0.4) is 0 Å². The van der Waals surface area contributed by atoms with Crippen molar-refractivity contribution in [3.8, 4) is 11.3 Å². The van der Waals surface area contributed by atoms with Crippen LogP contribution in [0.1, 0.15) is 11.3 Å². The third kappa shape index (κ3) is 3.45. The van der Waals surface area contributed by atoms with Gasteiger partial charge in [-0.3, -0.25) is 9.69 Å². The third-order valence-corrected chi connectivity index (χ3v) is 7.01. The summed E-state index contributed by atoms with van der Waals surface area (Å²) in [5.74, 6) is -0.268. The van der Waals surface area contributed by atoms with Crippen molar-refractivity contribution in [2.45, 2.75) is 18.6 Å². The summed E-state index contributed by atoms with van der Waals surface area (Å²) in [5.41, 5.74) is 1.74. The molecule has 5 nitrogen and oxygen atoms in total. The molecule has 0 saturated carbocycles. The fourth-order valence-corrected chi connectivity index (χ4v) is 4.67. The van der Waals surface area contributed by atoms with Gasteiger partial charge in [-0.25, -0.2) is 13.4 Å². The minimum Gasteiger partial charge on any atom is -0.287 e. The number of benzene rings is 1. The average molecular weight is 436 g/mol. The molecule has 1 aromatic heterocycles. The van der Waals surface area contributed by atoms with Gasteiger partial charge in [0.05, 0.1) is 5.69 Å². The lowest BCUT2D eigenvalue weighted by Gasteiger charge is -2.11. The molecule has 1 aliphatic rings. The first-order valence-corrected chi connectivity index (χ1v) is 10.7. The molecular weight excluding hydrogens is 424 g/mol. The van der Waals surface area contributed by atoms with Crippen LogP contribution < -0.4 is 4.90 Å². The number of anilines is 1. The minimum absolute atomic E-state index is 0.0530. The van der Waals surface area contributed by atoms with Crippen molar-refractivity contribution in [3.63, 3.8) is 0 Å². The highest BCUT2D eigenvalue weighted by Crippen LogP contribution is 2.35. The molecule has 0 radical (unpaired) electrons. The number of halogens is 2. The summed E-state index contributed by atoms with van der Waals surface area (Å²) in [5, 5.41) is -0.370. The van der Waals surface area contributed by atoms with Crippen LogP contribution in [0.4, 0.5) is 5.13 Å². The molecule has 0 N–H and O–H groups in total. The maximum absolute atomic E-state index is 12.1. The zero-order valence-corrected chi connectivity index (χ0v) is 16.0. The van der Waals surface area contributed by atoms with Crippen LogP contribution in [-0.2, 0) is 13.8 Å². The fourth-order valence-electron chi connectivity index (χ4n) is 2.42. The molecule has 23 heavy (non-hydrogen) atoms. The van der Waals surface area contributed by atoms with Gasteiger partial charge in [-0.05, 0) is 19.1 Å². The van der Waals surface area contributed by atoms with E-state index in [2.05, 4.69) is 20.9 Å². The molecule has 122 valence electrons. The van der Waals surface area contributed by atoms with E-state index in [-0.39, 0.29) is 18.9 Å². The number of nitrogens with zero attached hydrogens (tertiary/aromatic N) is 2. The Labute approximate surface area is 150 Å². The molecule has 0 spiro atoms. The molecule has 9 heteroatoms. The number of carbonyl (C=O) groups excluding carboxylic acids is 1. The van der Waals surface area contributed by atoms with E-state index in [9.17, 15) is 13.2 Å². The van der Waals surface area contributed by atoms with Crippen LogP contribution in [0.15, 0.2) is 28.7 Å². The Bertz CT molecular complexity index is 865. The van der Waals surface area contributed by atoms with E-state index in [1.807, 2.05) is 31.2 Å². The van der Waals surface area contributed by atoms with Gasteiger partial charge in [0.2, 0.25) is 15.0 Å². The Morgan fingerprint density at radius 2 is 2.00 bits per heavy atom. The second-order valence-corrected chi connectivity index (χ2v) is 10.2. The molecule has 1 amide bonds. The fraction of sp³-hybridized carbons (Fsp3) is 0.286. The van der Waals surface area contributed by atoms with Gasteiger partial charge in [0.25, 0.3) is 0 Å². The molecule has 1 atom stereocenters. The second kappa shape index (κ2) is 6.16. The van der Waals surface area contributed by atoms with E-state index in [0.717, 1.165) is 20.6 Å². The molecule has 1 aromatic carbocycles. The van der Waals surface area contributed by atoms with Gasteiger partial charge in [-0.2, -0.15) is 0 Å². The van der Waals surface area contributed by atoms with E-state index in [0.29, 0.717) is 5.13 Å². The van der Waals surface area contributed by atoms with Gasteiger partial charge in [-0.1, -0.05) is 28.1 Å². The molecule has 3 rings (SSSR count). The zero-order chi connectivity index (χ0) is 16.8. The lowest BCUT2D eigenvalue weighted by atomic mass is 10.1. The highest BCUT2D eigenvalue weighted by molar-refractivity contribution is 9.10. The van der Waals surface area contributed by atoms with Crippen molar-refractivity contribution in [2.24, 2.45) is 0 Å².